The number of hydrogen-bond acceptors (Lipinski definition) is 2. The number of nitrogens with two attached hydrogens (primary N) is 1. The van der Waals surface area contributed by atoms with Crippen molar-refractivity contribution in [3.8, 4) is 0 Å². The Morgan fingerprint density at radius 3 is 2.48 bits per heavy atom. The minimum Gasteiger partial charge on any atom is -0.481 e. The van der Waals surface area contributed by atoms with E-state index in [1.165, 1.54) is 57.8 Å². The summed E-state index contributed by atoms with van der Waals surface area (Å²) in [6.45, 7) is 7.52. The summed E-state index contributed by atoms with van der Waals surface area (Å²) in [7, 11) is 0. The molecule has 4 fully saturated rings. The molecule has 0 aliphatic heterocycles. The molecule has 0 aromatic carbocycles. The van der Waals surface area contributed by atoms with Crippen molar-refractivity contribution in [3.05, 3.63) is 0 Å². The Hall–Kier alpha value is -0.570. The second-order valence-electron chi connectivity index (χ2n) is 11.3. The van der Waals surface area contributed by atoms with Gasteiger partial charge in [-0.25, -0.2) is 0 Å². The lowest BCUT2D eigenvalue weighted by molar-refractivity contribution is -0.137. The van der Waals surface area contributed by atoms with E-state index in [-0.39, 0.29) is 0 Å². The predicted molar refractivity (Wildman–Crippen MR) is 109 cm³/mol. The normalized spacial score (nSPS) is 50.4. The maximum absolute atomic E-state index is 11.1. The van der Waals surface area contributed by atoms with Gasteiger partial charge in [-0.3, -0.25) is 4.79 Å². The molecular weight excluding hydrogens is 334 g/mol. The molecule has 0 saturated heterocycles. The maximum Gasteiger partial charge on any atom is 0.303 e. The van der Waals surface area contributed by atoms with Crippen LogP contribution in [-0.2, 0) is 4.79 Å². The molecule has 3 nitrogen and oxygen atoms in total. The lowest BCUT2D eigenvalue weighted by atomic mass is 9.44. The largest absolute Gasteiger partial charge is 0.481 e. The SMILES string of the molecule is C[C@H](CCC(=O)O)[C@H]1CC[C@H]2[C@@H]3CCC4CC(N)CC[C@]4(C)[C@H]3CC[C@]12C. The summed E-state index contributed by atoms with van der Waals surface area (Å²) in [5, 5.41) is 9.10. The van der Waals surface area contributed by atoms with Crippen molar-refractivity contribution in [1.29, 1.82) is 0 Å². The van der Waals surface area contributed by atoms with Crippen molar-refractivity contribution < 1.29 is 9.90 Å². The third kappa shape index (κ3) is 3.16. The van der Waals surface area contributed by atoms with Crippen LogP contribution in [0.4, 0.5) is 0 Å². The van der Waals surface area contributed by atoms with E-state index in [1.807, 2.05) is 0 Å². The molecule has 9 atom stereocenters. The van der Waals surface area contributed by atoms with Gasteiger partial charge in [0.2, 0.25) is 0 Å². The molecule has 4 saturated carbocycles. The summed E-state index contributed by atoms with van der Waals surface area (Å²) in [5.74, 6) is 4.21. The van der Waals surface area contributed by atoms with Crippen molar-refractivity contribution in [2.24, 2.45) is 52.1 Å². The van der Waals surface area contributed by atoms with E-state index in [0.29, 0.717) is 29.2 Å². The number of hydrogen-bond donors (Lipinski definition) is 2. The van der Waals surface area contributed by atoms with Gasteiger partial charge in [0.1, 0.15) is 0 Å². The molecule has 4 aliphatic rings. The van der Waals surface area contributed by atoms with Crippen LogP contribution in [0.1, 0.15) is 91.4 Å². The summed E-state index contributed by atoms with van der Waals surface area (Å²) >= 11 is 0. The van der Waals surface area contributed by atoms with E-state index >= 15 is 0 Å². The van der Waals surface area contributed by atoms with Gasteiger partial charge in [-0.1, -0.05) is 20.8 Å². The van der Waals surface area contributed by atoms with E-state index in [1.54, 1.807) is 0 Å². The van der Waals surface area contributed by atoms with Crippen LogP contribution in [0.15, 0.2) is 0 Å². The molecule has 27 heavy (non-hydrogen) atoms. The van der Waals surface area contributed by atoms with Crippen molar-refractivity contribution >= 4 is 5.97 Å². The molecular formula is C24H41NO2. The molecule has 154 valence electrons. The predicted octanol–water partition coefficient (Wildman–Crippen LogP) is 5.47. The Morgan fingerprint density at radius 2 is 1.74 bits per heavy atom. The summed E-state index contributed by atoms with van der Waals surface area (Å²) < 4.78 is 0. The monoisotopic (exact) mass is 375 g/mol. The van der Waals surface area contributed by atoms with Gasteiger partial charge in [0.25, 0.3) is 0 Å². The van der Waals surface area contributed by atoms with E-state index in [0.717, 1.165) is 36.0 Å². The molecule has 0 bridgehead atoms. The summed E-state index contributed by atoms with van der Waals surface area (Å²) in [6, 6.07) is 0.444. The fourth-order valence-corrected chi connectivity index (χ4v) is 8.82. The highest BCUT2D eigenvalue weighted by atomic mass is 16.4. The minimum atomic E-state index is -0.632. The number of fused-ring (bicyclic) bond motifs is 5. The molecule has 2 unspecified atom stereocenters. The molecule has 4 rings (SSSR count). The van der Waals surface area contributed by atoms with Crippen LogP contribution in [0.5, 0.6) is 0 Å². The van der Waals surface area contributed by atoms with Crippen LogP contribution in [0.3, 0.4) is 0 Å². The average molecular weight is 376 g/mol. The van der Waals surface area contributed by atoms with Gasteiger partial charge < -0.3 is 10.8 Å². The highest BCUT2D eigenvalue weighted by Gasteiger charge is 2.60. The Bertz CT molecular complexity index is 577. The number of rotatable bonds is 4. The highest BCUT2D eigenvalue weighted by Crippen LogP contribution is 2.68. The minimum absolute atomic E-state index is 0.338. The number of aliphatic carboxylic acids is 1. The van der Waals surface area contributed by atoms with Crippen LogP contribution >= 0.6 is 0 Å². The van der Waals surface area contributed by atoms with Gasteiger partial charge in [0.15, 0.2) is 0 Å². The van der Waals surface area contributed by atoms with E-state index < -0.39 is 5.97 Å². The molecule has 0 amide bonds. The first kappa shape index (κ1) is 19.7. The van der Waals surface area contributed by atoms with E-state index in [4.69, 9.17) is 10.8 Å². The Labute approximate surface area is 165 Å². The number of carboxylic acids is 1. The number of carbonyl (C=O) groups is 1. The van der Waals surface area contributed by atoms with Crippen LogP contribution in [0.2, 0.25) is 0 Å². The molecule has 4 aliphatic carbocycles. The molecule has 0 heterocycles. The molecule has 0 radical (unpaired) electrons. The van der Waals surface area contributed by atoms with Crippen molar-refractivity contribution in [2.75, 3.05) is 0 Å². The zero-order valence-electron chi connectivity index (χ0n) is 17.8. The highest BCUT2D eigenvalue weighted by molar-refractivity contribution is 5.66. The lowest BCUT2D eigenvalue weighted by Crippen LogP contribution is -2.54. The van der Waals surface area contributed by atoms with Crippen molar-refractivity contribution in [3.63, 3.8) is 0 Å². The Morgan fingerprint density at radius 1 is 1.04 bits per heavy atom. The fourth-order valence-electron chi connectivity index (χ4n) is 8.82. The maximum atomic E-state index is 11.1. The Balaban J connectivity index is 1.51. The molecule has 3 heteroatoms. The van der Waals surface area contributed by atoms with Gasteiger partial charge in [0, 0.05) is 12.5 Å². The molecule has 0 aromatic rings. The topological polar surface area (TPSA) is 63.3 Å². The van der Waals surface area contributed by atoms with Gasteiger partial charge in [-0.2, -0.15) is 0 Å². The average Bonchev–Trinajstić information content (AvgIpc) is 2.97. The standard InChI is InChI=1S/C24H41NO2/c1-15(4-9-22(26)27)19-7-8-20-18-6-5-16-14-17(25)10-12-23(16,2)21(18)11-13-24(19,20)3/h15-21H,4-14,25H2,1-3H3,(H,26,27)/t15-,16?,17?,18+,19-,20+,21+,23+,24-/m1/s1. The van der Waals surface area contributed by atoms with Crippen molar-refractivity contribution in [2.45, 2.75) is 97.4 Å². The van der Waals surface area contributed by atoms with Gasteiger partial charge >= 0.3 is 5.97 Å². The first-order chi connectivity index (χ1) is 12.8. The van der Waals surface area contributed by atoms with Crippen LogP contribution in [0, 0.1) is 46.3 Å². The third-order valence-electron chi connectivity index (χ3n) is 10.3. The van der Waals surface area contributed by atoms with Crippen molar-refractivity contribution in [1.82, 2.24) is 0 Å². The van der Waals surface area contributed by atoms with E-state index in [2.05, 4.69) is 20.8 Å². The zero-order valence-corrected chi connectivity index (χ0v) is 17.8. The first-order valence-electron chi connectivity index (χ1n) is 11.7. The van der Waals surface area contributed by atoms with Crippen LogP contribution in [0.25, 0.3) is 0 Å². The van der Waals surface area contributed by atoms with E-state index in [9.17, 15) is 4.79 Å². The first-order valence-corrected chi connectivity index (χ1v) is 11.7. The zero-order chi connectivity index (χ0) is 19.4. The molecule has 3 N–H and O–H groups in total. The molecule has 0 aromatic heterocycles. The third-order valence-corrected chi connectivity index (χ3v) is 10.3. The summed E-state index contributed by atoms with van der Waals surface area (Å²) in [5.41, 5.74) is 7.32. The van der Waals surface area contributed by atoms with Crippen LogP contribution < -0.4 is 5.73 Å². The summed E-state index contributed by atoms with van der Waals surface area (Å²) in [4.78, 5) is 11.1. The second kappa shape index (κ2) is 7.04. The second-order valence-corrected chi connectivity index (χ2v) is 11.3. The lowest BCUT2D eigenvalue weighted by Gasteiger charge is -2.61. The molecule has 0 spiro atoms. The van der Waals surface area contributed by atoms with Crippen LogP contribution in [-0.4, -0.2) is 17.1 Å². The van der Waals surface area contributed by atoms with Gasteiger partial charge in [0.05, 0.1) is 0 Å². The quantitative estimate of drug-likeness (QED) is 0.684. The van der Waals surface area contributed by atoms with Gasteiger partial charge in [-0.15, -0.1) is 0 Å². The Kier molecular flexibility index (Phi) is 5.15. The van der Waals surface area contributed by atoms with Gasteiger partial charge in [-0.05, 0) is 111 Å². The summed E-state index contributed by atoms with van der Waals surface area (Å²) in [6.07, 6.45) is 13.3. The fraction of sp³-hybridized carbons (Fsp3) is 0.958. The number of carboxylic acid groups (broad SMARTS) is 1. The smallest absolute Gasteiger partial charge is 0.303 e.